The van der Waals surface area contributed by atoms with Gasteiger partial charge in [0.15, 0.2) is 17.5 Å². The van der Waals surface area contributed by atoms with Gasteiger partial charge < -0.3 is 9.80 Å². The Morgan fingerprint density at radius 2 is 0.526 bits per heavy atom. The Bertz CT molecular complexity index is 4640. The molecular formula is C89H70BN5. The number of hydrogen-bond donors (Lipinski definition) is 0. The van der Waals surface area contributed by atoms with E-state index >= 15 is 0 Å². The van der Waals surface area contributed by atoms with Gasteiger partial charge in [-0.15, -0.1) is 0 Å². The molecular weight excluding hydrogens is 1150 g/mol. The topological polar surface area (TPSA) is 45.2 Å². The minimum atomic E-state index is -0.0991. The predicted octanol–water partition coefficient (Wildman–Crippen LogP) is 21.6. The van der Waals surface area contributed by atoms with Crippen molar-refractivity contribution in [3.8, 4) is 101 Å². The second-order valence-corrected chi connectivity index (χ2v) is 25.2. The summed E-state index contributed by atoms with van der Waals surface area (Å²) >= 11 is 0. The summed E-state index contributed by atoms with van der Waals surface area (Å²) in [5.41, 5.74) is 29.2. The standard InChI is InChI=1S/C89H70BN5/c1-3-5-25-61-39-49-80-82(51-61)94(78-45-41-69(42-46-78)63-27-13-7-14-28-63)84-59-77(60-85-86(84)90(80)81-50-40-62(26-6-4-2)52-83(81)95(85)79-47-43-70(44-48-79)64-29-15-8-16-30-64)89-92-87(75-55-71(65-31-17-9-18-32-65)53-72(56-75)66-33-19-10-20-34-66)91-88(93-89)76-57-73(67-35-21-11-22-36-67)54-74(58-76)68-37-23-12-24-38-68/h7-24,27-60H,3-6,25-26H2,1-2H3. The van der Waals surface area contributed by atoms with Crippen LogP contribution in [0.3, 0.4) is 0 Å². The number of anilines is 6. The van der Waals surface area contributed by atoms with Gasteiger partial charge in [-0.3, -0.25) is 0 Å². The number of nitrogens with zero attached hydrogens (tertiary/aromatic N) is 5. The van der Waals surface area contributed by atoms with Gasteiger partial charge in [0.2, 0.25) is 0 Å². The SMILES string of the molecule is CCCCc1ccc2c(c1)N(c1ccc(-c3ccccc3)cc1)c1cc(-c3nc(-c4cc(-c5ccccc5)cc(-c5ccccc5)c4)nc(-c4cc(-c5ccccc5)cc(-c5ccccc5)c4)n3)cc3c1B2c1ccc(CCCC)cc1N3c1ccc(-c2ccccc2)cc1. The molecule has 14 aromatic rings. The number of aryl methyl sites for hydroxylation is 2. The van der Waals surface area contributed by atoms with Crippen LogP contribution in [0.25, 0.3) is 101 Å². The van der Waals surface area contributed by atoms with Gasteiger partial charge in [-0.25, -0.2) is 15.0 Å². The Morgan fingerprint density at radius 1 is 0.253 bits per heavy atom. The normalized spacial score (nSPS) is 12.1. The minimum Gasteiger partial charge on any atom is -0.311 e. The first-order chi connectivity index (χ1) is 47.0. The molecule has 0 saturated carbocycles. The molecule has 3 heterocycles. The quantitative estimate of drug-likeness (QED) is 0.0850. The molecule has 13 aromatic carbocycles. The molecule has 0 bridgehead atoms. The maximum absolute atomic E-state index is 5.80. The second-order valence-electron chi connectivity index (χ2n) is 25.2. The molecule has 0 atom stereocenters. The monoisotopic (exact) mass is 1220 g/mol. The molecule has 454 valence electrons. The third kappa shape index (κ3) is 11.6. The summed E-state index contributed by atoms with van der Waals surface area (Å²) in [6, 6.07) is 115. The lowest BCUT2D eigenvalue weighted by Gasteiger charge is -2.44. The number of benzene rings is 13. The average molecular weight is 1220 g/mol. The Balaban J connectivity index is 0.998. The van der Waals surface area contributed by atoms with Crippen molar-refractivity contribution in [1.29, 1.82) is 0 Å². The summed E-state index contributed by atoms with van der Waals surface area (Å²) in [5, 5.41) is 0. The number of aromatic nitrogens is 3. The molecule has 6 heteroatoms. The second kappa shape index (κ2) is 25.9. The average Bonchev–Trinajstić information content (AvgIpc) is 0.696. The van der Waals surface area contributed by atoms with Crippen molar-refractivity contribution in [1.82, 2.24) is 15.0 Å². The highest BCUT2D eigenvalue weighted by Crippen LogP contribution is 2.48. The van der Waals surface area contributed by atoms with Gasteiger partial charge in [-0.2, -0.15) is 0 Å². The zero-order valence-electron chi connectivity index (χ0n) is 53.6. The number of fused-ring (bicyclic) bond motifs is 4. The number of hydrogen-bond acceptors (Lipinski definition) is 5. The molecule has 0 saturated heterocycles. The van der Waals surface area contributed by atoms with E-state index in [1.807, 2.05) is 0 Å². The molecule has 2 aliphatic heterocycles. The van der Waals surface area contributed by atoms with E-state index in [0.29, 0.717) is 17.5 Å². The number of rotatable bonds is 17. The Morgan fingerprint density at radius 3 is 0.832 bits per heavy atom. The van der Waals surface area contributed by atoms with Crippen LogP contribution in [0.2, 0.25) is 0 Å². The van der Waals surface area contributed by atoms with E-state index in [1.54, 1.807) is 0 Å². The molecule has 2 aliphatic rings. The molecule has 0 N–H and O–H groups in total. The Kier molecular flexibility index (Phi) is 16.0. The third-order valence-electron chi connectivity index (χ3n) is 19.0. The summed E-state index contributed by atoms with van der Waals surface area (Å²) in [7, 11) is 0. The van der Waals surface area contributed by atoms with E-state index in [1.165, 1.54) is 61.1 Å². The summed E-state index contributed by atoms with van der Waals surface area (Å²) in [6.45, 7) is 4.48. The van der Waals surface area contributed by atoms with Gasteiger partial charge in [0.05, 0.1) is 0 Å². The number of unbranched alkanes of at least 4 members (excludes halogenated alkanes) is 2. The first-order valence-electron chi connectivity index (χ1n) is 33.6. The smallest absolute Gasteiger partial charge is 0.252 e. The fourth-order valence-corrected chi connectivity index (χ4v) is 14.2. The highest BCUT2D eigenvalue weighted by Gasteiger charge is 2.44. The van der Waals surface area contributed by atoms with Crippen LogP contribution in [0.15, 0.2) is 315 Å². The molecule has 95 heavy (non-hydrogen) atoms. The van der Waals surface area contributed by atoms with Gasteiger partial charge >= 0.3 is 0 Å². The van der Waals surface area contributed by atoms with Crippen molar-refractivity contribution in [3.05, 3.63) is 327 Å². The fourth-order valence-electron chi connectivity index (χ4n) is 14.2. The van der Waals surface area contributed by atoms with E-state index in [0.717, 1.165) is 122 Å². The lowest BCUT2D eigenvalue weighted by molar-refractivity contribution is 0.795. The molecule has 0 aliphatic carbocycles. The van der Waals surface area contributed by atoms with Gasteiger partial charge in [-0.05, 0) is 205 Å². The molecule has 1 aromatic heterocycles. The van der Waals surface area contributed by atoms with Crippen LogP contribution in [0.4, 0.5) is 34.1 Å². The zero-order chi connectivity index (χ0) is 63.6. The summed E-state index contributed by atoms with van der Waals surface area (Å²) in [5.74, 6) is 1.73. The fraction of sp³-hybridized carbons (Fsp3) is 0.0899. The molecule has 0 spiro atoms. The van der Waals surface area contributed by atoms with Crippen molar-refractivity contribution < 1.29 is 0 Å². The maximum Gasteiger partial charge on any atom is 0.252 e. The molecule has 0 unspecified atom stereocenters. The van der Waals surface area contributed by atoms with Crippen molar-refractivity contribution in [3.63, 3.8) is 0 Å². The van der Waals surface area contributed by atoms with Crippen molar-refractivity contribution >= 4 is 57.2 Å². The van der Waals surface area contributed by atoms with E-state index in [9.17, 15) is 0 Å². The zero-order valence-corrected chi connectivity index (χ0v) is 53.6. The van der Waals surface area contributed by atoms with E-state index in [4.69, 9.17) is 15.0 Å². The van der Waals surface area contributed by atoms with Crippen molar-refractivity contribution in [2.75, 3.05) is 9.80 Å². The van der Waals surface area contributed by atoms with Gasteiger partial charge in [0.25, 0.3) is 6.71 Å². The summed E-state index contributed by atoms with van der Waals surface area (Å²) in [6.07, 6.45) is 6.41. The first kappa shape index (κ1) is 58.6. The highest BCUT2D eigenvalue weighted by molar-refractivity contribution is 7.00. The van der Waals surface area contributed by atoms with Crippen LogP contribution in [0.1, 0.15) is 50.7 Å². The van der Waals surface area contributed by atoms with Gasteiger partial charge in [-0.1, -0.05) is 257 Å². The van der Waals surface area contributed by atoms with E-state index in [2.05, 4.69) is 339 Å². The summed E-state index contributed by atoms with van der Waals surface area (Å²) < 4.78 is 0. The Labute approximate surface area is 558 Å². The highest BCUT2D eigenvalue weighted by atomic mass is 15.2. The minimum absolute atomic E-state index is 0.0991. The summed E-state index contributed by atoms with van der Waals surface area (Å²) in [4.78, 5) is 22.4. The molecule has 16 rings (SSSR count). The molecule has 0 radical (unpaired) electrons. The molecule has 0 fully saturated rings. The first-order valence-corrected chi connectivity index (χ1v) is 33.6. The van der Waals surface area contributed by atoms with Crippen LogP contribution in [0.5, 0.6) is 0 Å². The van der Waals surface area contributed by atoms with Gasteiger partial charge in [0, 0.05) is 50.8 Å². The third-order valence-corrected chi connectivity index (χ3v) is 19.0. The van der Waals surface area contributed by atoms with Crippen LogP contribution < -0.4 is 26.2 Å². The molecule has 0 amide bonds. The van der Waals surface area contributed by atoms with Crippen molar-refractivity contribution in [2.45, 2.75) is 52.4 Å². The van der Waals surface area contributed by atoms with E-state index < -0.39 is 0 Å². The molecule has 5 nitrogen and oxygen atoms in total. The lowest BCUT2D eigenvalue weighted by atomic mass is 9.33. The largest absolute Gasteiger partial charge is 0.311 e. The van der Waals surface area contributed by atoms with Crippen molar-refractivity contribution in [2.24, 2.45) is 0 Å². The van der Waals surface area contributed by atoms with Gasteiger partial charge in [0.1, 0.15) is 0 Å². The van der Waals surface area contributed by atoms with Crippen LogP contribution in [-0.2, 0) is 12.8 Å². The maximum atomic E-state index is 5.80. The van der Waals surface area contributed by atoms with E-state index in [-0.39, 0.29) is 6.71 Å². The van der Waals surface area contributed by atoms with Crippen LogP contribution in [0, 0.1) is 0 Å². The van der Waals surface area contributed by atoms with Crippen LogP contribution >= 0.6 is 0 Å². The van der Waals surface area contributed by atoms with Crippen LogP contribution in [-0.4, -0.2) is 21.7 Å². The lowest BCUT2D eigenvalue weighted by Crippen LogP contribution is -2.61. The Hall–Kier alpha value is -11.5. The predicted molar refractivity (Wildman–Crippen MR) is 400 cm³/mol.